The van der Waals surface area contributed by atoms with E-state index in [1.165, 1.54) is 66.1 Å². The van der Waals surface area contributed by atoms with Crippen molar-refractivity contribution in [1.29, 1.82) is 0 Å². The Morgan fingerprint density at radius 2 is 1.00 bits per heavy atom. The molecule has 0 aliphatic rings. The fraction of sp³-hybridized carbons (Fsp3) is 0.152. The first-order chi connectivity index (χ1) is 16.9. The van der Waals surface area contributed by atoms with E-state index >= 15 is 0 Å². The van der Waals surface area contributed by atoms with Crippen molar-refractivity contribution in [3.05, 3.63) is 124 Å². The van der Waals surface area contributed by atoms with Gasteiger partial charge < -0.3 is 0 Å². The highest BCUT2D eigenvalue weighted by atomic mass is 35.5. The van der Waals surface area contributed by atoms with E-state index in [9.17, 15) is 0 Å². The maximum Gasteiger partial charge on any atom is 0.243 e. The van der Waals surface area contributed by atoms with Crippen molar-refractivity contribution in [3.8, 4) is 11.1 Å². The van der Waals surface area contributed by atoms with Gasteiger partial charge in [-0.2, -0.15) is 0 Å². The molecule has 2 heteroatoms. The average molecular weight is 473 g/mol. The molecule has 5 rings (SSSR count). The number of aryl methyl sites for hydroxylation is 5. The van der Waals surface area contributed by atoms with E-state index < -0.39 is 0 Å². The van der Waals surface area contributed by atoms with E-state index in [0.29, 0.717) is 0 Å². The van der Waals surface area contributed by atoms with Gasteiger partial charge in [0.05, 0.1) is 0 Å². The molecular weight excluding hydrogens is 443 g/mol. The quantitative estimate of drug-likeness (QED) is 0.242. The SMILES string of the molecule is Cc1cc(Cl)ccc1-c1ccc(B(c2c(C)cccc2C)c2c(C)cccc2C)c2ccccc12. The zero-order valence-corrected chi connectivity index (χ0v) is 21.9. The Bertz CT molecular complexity index is 1470. The molecule has 0 N–H and O–H groups in total. The highest BCUT2D eigenvalue weighted by Gasteiger charge is 2.29. The van der Waals surface area contributed by atoms with E-state index in [2.05, 4.69) is 120 Å². The molecule has 0 aromatic heterocycles. The normalized spacial score (nSPS) is 11.1. The number of hydrogen-bond donors (Lipinski definition) is 0. The second-order valence-corrected chi connectivity index (χ2v) is 10.2. The lowest BCUT2D eigenvalue weighted by Gasteiger charge is -2.25. The van der Waals surface area contributed by atoms with Crippen LogP contribution in [0.15, 0.2) is 91.0 Å². The average Bonchev–Trinajstić information content (AvgIpc) is 2.82. The fourth-order valence-corrected chi connectivity index (χ4v) is 5.99. The van der Waals surface area contributed by atoms with Crippen LogP contribution in [0.25, 0.3) is 21.9 Å². The highest BCUT2D eigenvalue weighted by molar-refractivity contribution is 6.98. The molecule has 0 bridgehead atoms. The van der Waals surface area contributed by atoms with Gasteiger partial charge in [-0.3, -0.25) is 0 Å². The molecule has 0 fully saturated rings. The third kappa shape index (κ3) is 4.19. The van der Waals surface area contributed by atoms with Gasteiger partial charge in [0.25, 0.3) is 0 Å². The first-order valence-corrected chi connectivity index (χ1v) is 12.6. The summed E-state index contributed by atoms with van der Waals surface area (Å²) in [6.45, 7) is 11.3. The van der Waals surface area contributed by atoms with Gasteiger partial charge in [-0.15, -0.1) is 0 Å². The maximum absolute atomic E-state index is 6.28. The smallest absolute Gasteiger partial charge is 0.0843 e. The molecular formula is C33H30BCl. The Hall–Kier alpha value is -3.29. The van der Waals surface area contributed by atoms with Crippen LogP contribution in [0.2, 0.25) is 5.02 Å². The molecule has 0 amide bonds. The lowest BCUT2D eigenvalue weighted by atomic mass is 9.33. The monoisotopic (exact) mass is 472 g/mol. The molecule has 0 aliphatic carbocycles. The van der Waals surface area contributed by atoms with E-state index in [1.807, 2.05) is 6.07 Å². The molecule has 0 spiro atoms. The van der Waals surface area contributed by atoms with Crippen molar-refractivity contribution in [3.63, 3.8) is 0 Å². The standard InChI is InChI=1S/C33H30BCl/c1-21-10-8-11-22(2)32(21)34(33-23(3)12-9-13-24(33)4)31-19-18-29(28-14-6-7-15-30(28)31)27-17-16-26(35)20-25(27)5/h6-20H,1-5H3. The Balaban J connectivity index is 1.86. The fourth-order valence-electron chi connectivity index (χ4n) is 5.76. The number of fused-ring (bicyclic) bond motifs is 1. The van der Waals surface area contributed by atoms with Crippen LogP contribution in [0.4, 0.5) is 0 Å². The minimum Gasteiger partial charge on any atom is -0.0843 e. The number of halogens is 1. The van der Waals surface area contributed by atoms with Crippen molar-refractivity contribution in [1.82, 2.24) is 0 Å². The van der Waals surface area contributed by atoms with Crippen molar-refractivity contribution < 1.29 is 0 Å². The summed E-state index contributed by atoms with van der Waals surface area (Å²) in [6.07, 6.45) is 0. The van der Waals surface area contributed by atoms with Gasteiger partial charge in [0.1, 0.15) is 0 Å². The molecule has 0 atom stereocenters. The second kappa shape index (κ2) is 9.40. The lowest BCUT2D eigenvalue weighted by molar-refractivity contribution is 1.41. The molecule has 0 heterocycles. The van der Waals surface area contributed by atoms with Crippen molar-refractivity contribution in [2.45, 2.75) is 34.6 Å². The minimum atomic E-state index is 0.155. The molecule has 0 nitrogen and oxygen atoms in total. The van der Waals surface area contributed by atoms with Gasteiger partial charge in [0.15, 0.2) is 0 Å². The van der Waals surface area contributed by atoms with Crippen LogP contribution >= 0.6 is 11.6 Å². The topological polar surface area (TPSA) is 0 Å². The van der Waals surface area contributed by atoms with Crippen LogP contribution in [0.1, 0.15) is 27.8 Å². The summed E-state index contributed by atoms with van der Waals surface area (Å²) in [5, 5.41) is 3.35. The predicted octanol–water partition coefficient (Wildman–Crippen LogP) is 7.22. The van der Waals surface area contributed by atoms with Gasteiger partial charge in [-0.25, -0.2) is 0 Å². The van der Waals surface area contributed by atoms with Crippen LogP contribution in [-0.4, -0.2) is 6.71 Å². The first kappa shape index (κ1) is 23.5. The van der Waals surface area contributed by atoms with E-state index in [0.717, 1.165) is 5.02 Å². The van der Waals surface area contributed by atoms with Crippen molar-refractivity contribution >= 4 is 45.5 Å². The molecule has 0 saturated heterocycles. The predicted molar refractivity (Wildman–Crippen MR) is 156 cm³/mol. The van der Waals surface area contributed by atoms with Gasteiger partial charge in [-0.05, 0) is 74.2 Å². The second-order valence-electron chi connectivity index (χ2n) is 9.75. The molecule has 0 saturated carbocycles. The Morgan fingerprint density at radius 1 is 0.486 bits per heavy atom. The van der Waals surface area contributed by atoms with E-state index in [-0.39, 0.29) is 6.71 Å². The highest BCUT2D eigenvalue weighted by Crippen LogP contribution is 2.32. The van der Waals surface area contributed by atoms with Gasteiger partial charge in [0, 0.05) is 5.02 Å². The molecule has 172 valence electrons. The van der Waals surface area contributed by atoms with Gasteiger partial charge in [-0.1, -0.05) is 129 Å². The number of benzene rings is 5. The van der Waals surface area contributed by atoms with Crippen LogP contribution in [0.3, 0.4) is 0 Å². The van der Waals surface area contributed by atoms with E-state index in [1.54, 1.807) is 0 Å². The third-order valence-corrected chi connectivity index (χ3v) is 7.64. The zero-order chi connectivity index (χ0) is 24.7. The molecule has 5 aromatic rings. The molecule has 5 aromatic carbocycles. The van der Waals surface area contributed by atoms with Crippen LogP contribution in [0, 0.1) is 34.6 Å². The molecule has 0 unspecified atom stereocenters. The summed E-state index contributed by atoms with van der Waals surface area (Å²) in [6, 6.07) is 33.0. The molecule has 0 radical (unpaired) electrons. The first-order valence-electron chi connectivity index (χ1n) is 12.3. The largest absolute Gasteiger partial charge is 0.243 e. The summed E-state index contributed by atoms with van der Waals surface area (Å²) >= 11 is 6.28. The van der Waals surface area contributed by atoms with Crippen LogP contribution < -0.4 is 16.4 Å². The Morgan fingerprint density at radius 3 is 1.54 bits per heavy atom. The zero-order valence-electron chi connectivity index (χ0n) is 21.1. The van der Waals surface area contributed by atoms with Gasteiger partial charge >= 0.3 is 0 Å². The van der Waals surface area contributed by atoms with Gasteiger partial charge in [0.2, 0.25) is 6.71 Å². The minimum absolute atomic E-state index is 0.155. The molecule has 35 heavy (non-hydrogen) atoms. The number of hydrogen-bond acceptors (Lipinski definition) is 0. The summed E-state index contributed by atoms with van der Waals surface area (Å²) in [4.78, 5) is 0. The Kier molecular flexibility index (Phi) is 6.30. The summed E-state index contributed by atoms with van der Waals surface area (Å²) in [5.41, 5.74) is 13.2. The summed E-state index contributed by atoms with van der Waals surface area (Å²) in [7, 11) is 0. The van der Waals surface area contributed by atoms with Crippen LogP contribution in [0.5, 0.6) is 0 Å². The van der Waals surface area contributed by atoms with Crippen LogP contribution in [-0.2, 0) is 0 Å². The Labute approximate surface area is 214 Å². The maximum atomic E-state index is 6.28. The third-order valence-electron chi connectivity index (χ3n) is 7.41. The van der Waals surface area contributed by atoms with Crippen molar-refractivity contribution in [2.24, 2.45) is 0 Å². The van der Waals surface area contributed by atoms with E-state index in [4.69, 9.17) is 11.6 Å². The number of rotatable bonds is 4. The van der Waals surface area contributed by atoms with Crippen molar-refractivity contribution in [2.75, 3.05) is 0 Å². The summed E-state index contributed by atoms with van der Waals surface area (Å²) < 4.78 is 0. The lowest BCUT2D eigenvalue weighted by Crippen LogP contribution is -2.56. The molecule has 0 aliphatic heterocycles. The summed E-state index contributed by atoms with van der Waals surface area (Å²) in [5.74, 6) is 0.